The van der Waals surface area contributed by atoms with Crippen LogP contribution in [0.4, 0.5) is 0 Å². The van der Waals surface area contributed by atoms with Crippen LogP contribution in [0, 0.1) is 0 Å². The van der Waals surface area contributed by atoms with Crippen LogP contribution in [0.2, 0.25) is 0 Å². The highest BCUT2D eigenvalue weighted by atomic mass is 16.4. The monoisotopic (exact) mass is 232 g/mol. The van der Waals surface area contributed by atoms with Gasteiger partial charge < -0.3 is 10.2 Å². The molecule has 0 unspecified atom stereocenters. The van der Waals surface area contributed by atoms with E-state index in [1.165, 1.54) is 18.3 Å². The third-order valence-corrected chi connectivity index (χ3v) is 2.53. The van der Waals surface area contributed by atoms with Crippen LogP contribution in [-0.4, -0.2) is 26.0 Å². The molecule has 0 saturated carbocycles. The summed E-state index contributed by atoms with van der Waals surface area (Å²) in [6.45, 7) is 1.88. The summed E-state index contributed by atoms with van der Waals surface area (Å²) in [5, 5.41) is 22.3. The molecule has 0 radical (unpaired) electrons. The molecule has 0 atom stereocenters. The van der Waals surface area contributed by atoms with Gasteiger partial charge >= 0.3 is 5.97 Å². The normalized spacial score (nSPS) is 10.4. The third kappa shape index (κ3) is 1.99. The van der Waals surface area contributed by atoms with Crippen LogP contribution in [0.5, 0.6) is 5.75 Å². The van der Waals surface area contributed by atoms with E-state index >= 15 is 0 Å². The summed E-state index contributed by atoms with van der Waals surface area (Å²) in [5.41, 5.74) is 1.58. The van der Waals surface area contributed by atoms with Gasteiger partial charge in [0.25, 0.3) is 0 Å². The minimum absolute atomic E-state index is 0.164. The molecule has 0 aliphatic carbocycles. The van der Waals surface area contributed by atoms with Crippen molar-refractivity contribution in [2.75, 3.05) is 0 Å². The Labute approximate surface area is 97.9 Å². The lowest BCUT2D eigenvalue weighted by molar-refractivity contribution is 0.0695. The van der Waals surface area contributed by atoms with E-state index < -0.39 is 5.97 Å². The van der Waals surface area contributed by atoms with E-state index in [0.717, 1.165) is 5.69 Å². The number of hydrogen-bond donors (Lipinski definition) is 2. The maximum absolute atomic E-state index is 11.0. The van der Waals surface area contributed by atoms with Crippen molar-refractivity contribution in [3.05, 3.63) is 41.7 Å². The zero-order valence-electron chi connectivity index (χ0n) is 9.29. The topological polar surface area (TPSA) is 75.3 Å². The van der Waals surface area contributed by atoms with E-state index in [4.69, 9.17) is 5.11 Å². The number of carboxylic acid groups (broad SMARTS) is 1. The summed E-state index contributed by atoms with van der Waals surface area (Å²) in [7, 11) is 0. The van der Waals surface area contributed by atoms with Crippen molar-refractivity contribution in [2.45, 2.75) is 13.3 Å². The van der Waals surface area contributed by atoms with Crippen LogP contribution in [0.3, 0.4) is 0 Å². The molecule has 1 heterocycles. The highest BCUT2D eigenvalue weighted by molar-refractivity contribution is 5.88. The number of hydrogen-bond acceptors (Lipinski definition) is 3. The Morgan fingerprint density at radius 3 is 2.53 bits per heavy atom. The molecule has 2 aromatic rings. The Balaban J connectivity index is 2.52. The van der Waals surface area contributed by atoms with Crippen molar-refractivity contribution in [2.24, 2.45) is 0 Å². The van der Waals surface area contributed by atoms with Crippen LogP contribution in [0.25, 0.3) is 5.69 Å². The zero-order chi connectivity index (χ0) is 12.4. The number of nitrogens with zero attached hydrogens (tertiary/aromatic N) is 2. The first-order valence-electron chi connectivity index (χ1n) is 5.23. The van der Waals surface area contributed by atoms with Crippen molar-refractivity contribution < 1.29 is 15.0 Å². The number of benzene rings is 1. The van der Waals surface area contributed by atoms with Gasteiger partial charge in [0.15, 0.2) is 0 Å². The van der Waals surface area contributed by atoms with Gasteiger partial charge in [-0.15, -0.1) is 0 Å². The first kappa shape index (κ1) is 11.2. The number of aromatic hydroxyl groups is 1. The molecule has 5 nitrogen and oxygen atoms in total. The Hall–Kier alpha value is -2.30. The fourth-order valence-corrected chi connectivity index (χ4v) is 1.71. The predicted octanol–water partition coefficient (Wildman–Crippen LogP) is 1.84. The fraction of sp³-hybridized carbons (Fsp3) is 0.167. The summed E-state index contributed by atoms with van der Waals surface area (Å²) in [4.78, 5) is 11.0. The van der Waals surface area contributed by atoms with E-state index in [2.05, 4.69) is 5.10 Å². The van der Waals surface area contributed by atoms with Crippen molar-refractivity contribution in [1.82, 2.24) is 9.78 Å². The second-order valence-corrected chi connectivity index (χ2v) is 3.59. The maximum Gasteiger partial charge on any atom is 0.339 e. The molecular weight excluding hydrogens is 220 g/mol. The molecule has 2 rings (SSSR count). The van der Waals surface area contributed by atoms with Gasteiger partial charge in [-0.2, -0.15) is 5.10 Å². The molecule has 17 heavy (non-hydrogen) atoms. The smallest absolute Gasteiger partial charge is 0.339 e. The van der Waals surface area contributed by atoms with Crippen LogP contribution >= 0.6 is 0 Å². The van der Waals surface area contributed by atoms with Gasteiger partial charge in [0.05, 0.1) is 17.6 Å². The van der Waals surface area contributed by atoms with Crippen LogP contribution < -0.4 is 0 Å². The molecule has 0 aliphatic rings. The summed E-state index contributed by atoms with van der Waals surface area (Å²) in [6.07, 6.45) is 1.91. The highest BCUT2D eigenvalue weighted by Gasteiger charge is 2.15. The fourth-order valence-electron chi connectivity index (χ4n) is 1.71. The summed E-state index contributed by atoms with van der Waals surface area (Å²) in [5.74, 6) is -0.815. The Bertz CT molecular complexity index is 543. The highest BCUT2D eigenvalue weighted by Crippen LogP contribution is 2.18. The average Bonchev–Trinajstić information content (AvgIpc) is 2.73. The van der Waals surface area contributed by atoms with Gasteiger partial charge in [0, 0.05) is 0 Å². The van der Waals surface area contributed by atoms with Crippen molar-refractivity contribution >= 4 is 5.97 Å². The van der Waals surface area contributed by atoms with Gasteiger partial charge in [-0.3, -0.25) is 0 Å². The average molecular weight is 232 g/mol. The van der Waals surface area contributed by atoms with Gasteiger partial charge in [-0.05, 0) is 30.7 Å². The van der Waals surface area contributed by atoms with E-state index in [-0.39, 0.29) is 11.3 Å². The molecule has 2 N–H and O–H groups in total. The Morgan fingerprint density at radius 2 is 2.00 bits per heavy atom. The van der Waals surface area contributed by atoms with Gasteiger partial charge in [0.2, 0.25) is 0 Å². The second-order valence-electron chi connectivity index (χ2n) is 3.59. The number of carboxylic acids is 1. The molecule has 5 heteroatoms. The third-order valence-electron chi connectivity index (χ3n) is 2.53. The molecule has 0 aliphatic heterocycles. The lowest BCUT2D eigenvalue weighted by Gasteiger charge is -2.06. The molecule has 0 spiro atoms. The quantitative estimate of drug-likeness (QED) is 0.846. The summed E-state index contributed by atoms with van der Waals surface area (Å²) >= 11 is 0. The summed E-state index contributed by atoms with van der Waals surface area (Å²) in [6, 6.07) is 6.45. The van der Waals surface area contributed by atoms with Crippen LogP contribution in [0.1, 0.15) is 23.0 Å². The van der Waals surface area contributed by atoms with Crippen molar-refractivity contribution in [3.63, 3.8) is 0 Å². The lowest BCUT2D eigenvalue weighted by Crippen LogP contribution is -2.05. The number of rotatable bonds is 3. The van der Waals surface area contributed by atoms with E-state index in [9.17, 15) is 9.90 Å². The molecular formula is C12H12N2O3. The number of aromatic carboxylic acids is 1. The molecule has 1 aromatic carbocycles. The molecule has 0 bridgehead atoms. The van der Waals surface area contributed by atoms with Gasteiger partial charge in [-0.1, -0.05) is 6.92 Å². The van der Waals surface area contributed by atoms with Gasteiger partial charge in [-0.25, -0.2) is 9.48 Å². The number of phenols is 1. The molecule has 1 aromatic heterocycles. The molecule has 88 valence electrons. The Morgan fingerprint density at radius 1 is 1.35 bits per heavy atom. The number of aromatic nitrogens is 2. The number of carbonyl (C=O) groups is 1. The maximum atomic E-state index is 11.0. The molecule has 0 fully saturated rings. The first-order chi connectivity index (χ1) is 8.13. The SMILES string of the molecule is CCc1c(C(=O)O)cnn1-c1ccc(O)cc1. The minimum atomic E-state index is -0.980. The van der Waals surface area contributed by atoms with E-state index in [1.54, 1.807) is 16.8 Å². The van der Waals surface area contributed by atoms with Crippen molar-refractivity contribution in [1.29, 1.82) is 0 Å². The van der Waals surface area contributed by atoms with Crippen molar-refractivity contribution in [3.8, 4) is 11.4 Å². The second kappa shape index (κ2) is 4.29. The predicted molar refractivity (Wildman–Crippen MR) is 61.6 cm³/mol. The van der Waals surface area contributed by atoms with E-state index in [0.29, 0.717) is 12.1 Å². The zero-order valence-corrected chi connectivity index (χ0v) is 9.29. The van der Waals surface area contributed by atoms with Gasteiger partial charge in [0.1, 0.15) is 11.3 Å². The van der Waals surface area contributed by atoms with Crippen LogP contribution in [0.15, 0.2) is 30.5 Å². The standard InChI is InChI=1S/C12H12N2O3/c1-2-11-10(12(16)17)7-13-14(11)8-3-5-9(15)6-4-8/h3-7,15H,2H2,1H3,(H,16,17). The van der Waals surface area contributed by atoms with E-state index in [1.807, 2.05) is 6.92 Å². The lowest BCUT2D eigenvalue weighted by atomic mass is 10.2. The largest absolute Gasteiger partial charge is 0.508 e. The first-order valence-corrected chi connectivity index (χ1v) is 5.23. The molecule has 0 amide bonds. The Kier molecular flexibility index (Phi) is 2.82. The minimum Gasteiger partial charge on any atom is -0.508 e. The van der Waals surface area contributed by atoms with Crippen LogP contribution in [-0.2, 0) is 6.42 Å². The molecule has 0 saturated heterocycles. The summed E-state index contributed by atoms with van der Waals surface area (Å²) < 4.78 is 1.57. The number of phenolic OH excluding ortho intramolecular Hbond substituents is 1.